The third-order valence-corrected chi connectivity index (χ3v) is 5.72. The molecule has 0 heterocycles. The molecule has 0 saturated heterocycles. The van der Waals surface area contributed by atoms with Gasteiger partial charge in [-0.05, 0) is 35.9 Å². The van der Waals surface area contributed by atoms with E-state index in [4.69, 9.17) is 17.3 Å². The normalized spacial score (nSPS) is 13.8. The maximum absolute atomic E-state index is 13.1. The van der Waals surface area contributed by atoms with Crippen molar-refractivity contribution in [2.75, 3.05) is 6.54 Å². The number of benzene rings is 2. The zero-order valence-electron chi connectivity index (χ0n) is 11.7. The summed E-state index contributed by atoms with van der Waals surface area (Å²) in [4.78, 5) is -0.130. The topological polar surface area (TPSA) is 60.2 Å². The molecule has 2 aromatic carbocycles. The predicted octanol–water partition coefficient (Wildman–Crippen LogP) is 3.83. The first-order chi connectivity index (χ1) is 10.7. The lowest BCUT2D eigenvalue weighted by molar-refractivity contribution is -0.138. The van der Waals surface area contributed by atoms with Crippen LogP contribution in [0.4, 0.5) is 13.2 Å². The van der Waals surface area contributed by atoms with Crippen LogP contribution in [-0.4, -0.2) is 15.0 Å². The Bertz CT molecular complexity index is 789. The molecular formula is C15H13ClF3NO2S. The maximum Gasteiger partial charge on any atom is 0.416 e. The van der Waals surface area contributed by atoms with Crippen molar-refractivity contribution in [1.29, 1.82) is 0 Å². The lowest BCUT2D eigenvalue weighted by Crippen LogP contribution is -2.25. The van der Waals surface area contributed by atoms with Crippen LogP contribution in [0, 0.1) is 0 Å². The van der Waals surface area contributed by atoms with Crippen LogP contribution in [-0.2, 0) is 16.0 Å². The number of hydrogen-bond acceptors (Lipinski definition) is 3. The second-order valence-corrected chi connectivity index (χ2v) is 7.38. The first kappa shape index (κ1) is 17.8. The lowest BCUT2D eigenvalue weighted by atomic mass is 10.0. The van der Waals surface area contributed by atoms with Crippen LogP contribution in [0.5, 0.6) is 0 Å². The van der Waals surface area contributed by atoms with Gasteiger partial charge in [0.05, 0.1) is 10.5 Å². The number of halogens is 4. The van der Waals surface area contributed by atoms with Gasteiger partial charge in [-0.3, -0.25) is 0 Å². The maximum atomic E-state index is 13.1. The van der Waals surface area contributed by atoms with Crippen molar-refractivity contribution in [3.8, 4) is 0 Å². The zero-order chi connectivity index (χ0) is 17.3. The minimum atomic E-state index is -4.67. The van der Waals surface area contributed by atoms with Crippen molar-refractivity contribution in [2.24, 2.45) is 5.73 Å². The van der Waals surface area contributed by atoms with Crippen LogP contribution in [0.25, 0.3) is 0 Å². The average molecular weight is 364 g/mol. The largest absolute Gasteiger partial charge is 0.416 e. The summed E-state index contributed by atoms with van der Waals surface area (Å²) in [6, 6.07) is 9.74. The molecule has 8 heteroatoms. The van der Waals surface area contributed by atoms with Gasteiger partial charge in [0.15, 0.2) is 9.84 Å². The quantitative estimate of drug-likeness (QED) is 0.898. The molecule has 0 aliphatic rings. The van der Waals surface area contributed by atoms with Crippen molar-refractivity contribution in [2.45, 2.75) is 16.3 Å². The Morgan fingerprint density at radius 3 is 2.13 bits per heavy atom. The van der Waals surface area contributed by atoms with Gasteiger partial charge in [-0.15, -0.1) is 0 Å². The fourth-order valence-electron chi connectivity index (χ4n) is 2.25. The molecule has 0 aromatic heterocycles. The van der Waals surface area contributed by atoms with E-state index in [-0.39, 0.29) is 10.5 Å². The van der Waals surface area contributed by atoms with Crippen LogP contribution < -0.4 is 5.73 Å². The van der Waals surface area contributed by atoms with Crippen LogP contribution in [0.15, 0.2) is 53.4 Å². The molecule has 0 amide bonds. The number of nitrogens with two attached hydrogens (primary N) is 1. The van der Waals surface area contributed by atoms with E-state index in [1.165, 1.54) is 36.4 Å². The van der Waals surface area contributed by atoms with E-state index < -0.39 is 33.4 Å². The van der Waals surface area contributed by atoms with Gasteiger partial charge in [-0.2, -0.15) is 13.2 Å². The molecule has 0 aliphatic carbocycles. The van der Waals surface area contributed by atoms with E-state index in [0.29, 0.717) is 5.02 Å². The summed E-state index contributed by atoms with van der Waals surface area (Å²) in [5.41, 5.74) is 4.13. The number of hydrogen-bond donors (Lipinski definition) is 1. The molecule has 0 spiro atoms. The lowest BCUT2D eigenvalue weighted by Gasteiger charge is -2.20. The first-order valence-electron chi connectivity index (χ1n) is 6.53. The molecule has 2 aromatic rings. The SMILES string of the molecule is NC[C@H](c1ccccc1C(F)(F)F)S(=O)(=O)c1ccc(Cl)cc1. The fraction of sp³-hybridized carbons (Fsp3) is 0.200. The third kappa shape index (κ3) is 3.68. The molecule has 23 heavy (non-hydrogen) atoms. The van der Waals surface area contributed by atoms with E-state index >= 15 is 0 Å². The van der Waals surface area contributed by atoms with Crippen molar-refractivity contribution in [3.63, 3.8) is 0 Å². The summed E-state index contributed by atoms with van der Waals surface area (Å²) in [5.74, 6) is 0. The monoisotopic (exact) mass is 363 g/mol. The molecule has 2 N–H and O–H groups in total. The van der Waals surface area contributed by atoms with Gasteiger partial charge in [-0.1, -0.05) is 29.8 Å². The van der Waals surface area contributed by atoms with Crippen LogP contribution in [0.3, 0.4) is 0 Å². The molecule has 2 rings (SSSR count). The van der Waals surface area contributed by atoms with Crippen molar-refractivity contribution in [3.05, 3.63) is 64.7 Å². The highest BCUT2D eigenvalue weighted by molar-refractivity contribution is 7.91. The zero-order valence-corrected chi connectivity index (χ0v) is 13.3. The van der Waals surface area contributed by atoms with Gasteiger partial charge in [0.25, 0.3) is 0 Å². The highest BCUT2D eigenvalue weighted by Gasteiger charge is 2.38. The Balaban J connectivity index is 2.59. The van der Waals surface area contributed by atoms with Crippen LogP contribution >= 0.6 is 11.6 Å². The highest BCUT2D eigenvalue weighted by Crippen LogP contribution is 2.38. The molecule has 0 unspecified atom stereocenters. The minimum absolute atomic E-state index is 0.130. The second-order valence-electron chi connectivity index (χ2n) is 4.81. The molecular weight excluding hydrogens is 351 g/mol. The van der Waals surface area contributed by atoms with Gasteiger partial charge in [-0.25, -0.2) is 8.42 Å². The molecule has 124 valence electrons. The Kier molecular flexibility index (Phi) is 5.03. The van der Waals surface area contributed by atoms with Crippen LogP contribution in [0.1, 0.15) is 16.4 Å². The third-order valence-electron chi connectivity index (χ3n) is 3.34. The first-order valence-corrected chi connectivity index (χ1v) is 8.46. The number of alkyl halides is 3. The Hall–Kier alpha value is -1.57. The Morgan fingerprint density at radius 1 is 1.04 bits per heavy atom. The van der Waals surface area contributed by atoms with Gasteiger partial charge in [0.2, 0.25) is 0 Å². The van der Waals surface area contributed by atoms with E-state index in [1.54, 1.807) is 0 Å². The van der Waals surface area contributed by atoms with Crippen LogP contribution in [0.2, 0.25) is 5.02 Å². The van der Waals surface area contributed by atoms with E-state index in [2.05, 4.69) is 0 Å². The van der Waals surface area contributed by atoms with Gasteiger partial charge >= 0.3 is 6.18 Å². The van der Waals surface area contributed by atoms with Gasteiger partial charge in [0.1, 0.15) is 5.25 Å². The van der Waals surface area contributed by atoms with Gasteiger partial charge in [0, 0.05) is 11.6 Å². The fourth-order valence-corrected chi connectivity index (χ4v) is 4.01. The Labute approximate surface area is 136 Å². The smallest absolute Gasteiger partial charge is 0.329 e. The minimum Gasteiger partial charge on any atom is -0.329 e. The summed E-state index contributed by atoms with van der Waals surface area (Å²) < 4.78 is 64.7. The standard InChI is InChI=1S/C15H13ClF3NO2S/c16-10-5-7-11(8-6-10)23(21,22)14(9-20)12-3-1-2-4-13(12)15(17,18)19/h1-8,14H,9,20H2/t14-/m1/s1. The summed E-state index contributed by atoms with van der Waals surface area (Å²) in [6.07, 6.45) is -4.67. The summed E-state index contributed by atoms with van der Waals surface area (Å²) in [5, 5.41) is -1.18. The van der Waals surface area contributed by atoms with Crippen molar-refractivity contribution < 1.29 is 21.6 Å². The molecule has 0 aliphatic heterocycles. The van der Waals surface area contributed by atoms with Crippen molar-refractivity contribution in [1.82, 2.24) is 0 Å². The summed E-state index contributed by atoms with van der Waals surface area (Å²) >= 11 is 5.71. The molecule has 0 saturated carbocycles. The Morgan fingerprint density at radius 2 is 1.61 bits per heavy atom. The average Bonchev–Trinajstić information content (AvgIpc) is 2.47. The molecule has 0 bridgehead atoms. The highest BCUT2D eigenvalue weighted by atomic mass is 35.5. The van der Waals surface area contributed by atoms with E-state index in [9.17, 15) is 21.6 Å². The summed E-state index contributed by atoms with van der Waals surface area (Å²) in [7, 11) is -4.09. The van der Waals surface area contributed by atoms with Crippen molar-refractivity contribution >= 4 is 21.4 Å². The molecule has 3 nitrogen and oxygen atoms in total. The summed E-state index contributed by atoms with van der Waals surface area (Å²) in [6.45, 7) is -0.474. The van der Waals surface area contributed by atoms with E-state index in [0.717, 1.165) is 12.1 Å². The molecule has 0 radical (unpaired) electrons. The molecule has 0 fully saturated rings. The number of sulfone groups is 1. The molecule has 1 atom stereocenters. The van der Waals surface area contributed by atoms with Gasteiger partial charge < -0.3 is 5.73 Å². The number of rotatable bonds is 4. The predicted molar refractivity (Wildman–Crippen MR) is 81.9 cm³/mol. The van der Waals surface area contributed by atoms with E-state index in [1.807, 2.05) is 0 Å². The second kappa shape index (κ2) is 6.51.